The van der Waals surface area contributed by atoms with Crippen molar-refractivity contribution in [1.29, 1.82) is 0 Å². The Bertz CT molecular complexity index is 1430. The third-order valence-electron chi connectivity index (χ3n) is 6.24. The molecule has 0 radical (unpaired) electrons. The minimum atomic E-state index is -0.576. The molecule has 1 amide bonds. The van der Waals surface area contributed by atoms with Gasteiger partial charge in [-0.2, -0.15) is 0 Å². The number of rotatable bonds is 5. The topological polar surface area (TPSA) is 80.9 Å². The Morgan fingerprint density at radius 1 is 1.00 bits per heavy atom. The molecular formula is C26H24N2O5S. The maximum atomic E-state index is 13.5. The number of hydrogen-bond donors (Lipinski definition) is 1. The summed E-state index contributed by atoms with van der Waals surface area (Å²) in [5, 5.41) is 2.73. The minimum absolute atomic E-state index is 0.102. The highest BCUT2D eigenvalue weighted by Gasteiger charge is 2.35. The number of amides is 1. The van der Waals surface area contributed by atoms with E-state index < -0.39 is 6.04 Å². The van der Waals surface area contributed by atoms with Crippen LogP contribution in [0.5, 0.6) is 17.2 Å². The zero-order valence-electron chi connectivity index (χ0n) is 19.1. The highest BCUT2D eigenvalue weighted by Crippen LogP contribution is 2.41. The Kier molecular flexibility index (Phi) is 5.75. The number of aromatic amines is 1. The first kappa shape index (κ1) is 22.0. The molecule has 0 saturated carbocycles. The molecule has 2 aromatic heterocycles. The maximum Gasteiger partial charge on any atom is 0.264 e. The fourth-order valence-corrected chi connectivity index (χ4v) is 5.25. The van der Waals surface area contributed by atoms with Gasteiger partial charge >= 0.3 is 0 Å². The minimum Gasteiger partial charge on any atom is -0.497 e. The zero-order chi connectivity index (χ0) is 23.8. The van der Waals surface area contributed by atoms with Crippen LogP contribution in [0.2, 0.25) is 0 Å². The van der Waals surface area contributed by atoms with Gasteiger partial charge in [-0.05, 0) is 64.7 Å². The van der Waals surface area contributed by atoms with Crippen LogP contribution >= 0.6 is 11.3 Å². The molecule has 2 aromatic carbocycles. The molecule has 0 aliphatic carbocycles. The van der Waals surface area contributed by atoms with Crippen molar-refractivity contribution in [3.05, 3.63) is 85.8 Å². The summed E-state index contributed by atoms with van der Waals surface area (Å²) < 4.78 is 16.3. The lowest BCUT2D eigenvalue weighted by Gasteiger charge is -2.37. The molecule has 174 valence electrons. The Morgan fingerprint density at radius 2 is 1.79 bits per heavy atom. The van der Waals surface area contributed by atoms with E-state index in [1.807, 2.05) is 47.8 Å². The number of aromatic nitrogens is 1. The molecule has 0 saturated heterocycles. The number of ether oxygens (including phenoxy) is 3. The van der Waals surface area contributed by atoms with E-state index in [-0.39, 0.29) is 11.5 Å². The van der Waals surface area contributed by atoms with Gasteiger partial charge in [-0.15, -0.1) is 11.3 Å². The van der Waals surface area contributed by atoms with Gasteiger partial charge in [0.2, 0.25) is 0 Å². The highest BCUT2D eigenvalue weighted by molar-refractivity contribution is 7.12. The van der Waals surface area contributed by atoms with Crippen molar-refractivity contribution in [2.45, 2.75) is 12.5 Å². The summed E-state index contributed by atoms with van der Waals surface area (Å²) in [7, 11) is 4.76. The molecule has 1 aliphatic heterocycles. The lowest BCUT2D eigenvalue weighted by molar-refractivity contribution is 0.0698. The molecule has 7 nitrogen and oxygen atoms in total. The van der Waals surface area contributed by atoms with Gasteiger partial charge < -0.3 is 24.1 Å². The third kappa shape index (κ3) is 3.70. The van der Waals surface area contributed by atoms with Gasteiger partial charge in [-0.25, -0.2) is 0 Å². The predicted molar refractivity (Wildman–Crippen MR) is 132 cm³/mol. The summed E-state index contributed by atoms with van der Waals surface area (Å²) in [4.78, 5) is 32.3. The van der Waals surface area contributed by atoms with Crippen molar-refractivity contribution in [2.75, 3.05) is 27.9 Å². The Labute approximate surface area is 200 Å². The lowest BCUT2D eigenvalue weighted by atomic mass is 9.87. The van der Waals surface area contributed by atoms with Crippen molar-refractivity contribution >= 4 is 28.1 Å². The molecule has 3 heterocycles. The quantitative estimate of drug-likeness (QED) is 0.462. The fourth-order valence-electron chi connectivity index (χ4n) is 4.57. The van der Waals surface area contributed by atoms with Crippen molar-refractivity contribution in [3.8, 4) is 17.2 Å². The molecular weight excluding hydrogens is 452 g/mol. The summed E-state index contributed by atoms with van der Waals surface area (Å²) in [6.45, 7) is 0.476. The van der Waals surface area contributed by atoms with E-state index in [1.165, 1.54) is 11.3 Å². The molecule has 0 bridgehead atoms. The second kappa shape index (κ2) is 8.87. The Balaban J connectivity index is 1.72. The fraction of sp³-hybridized carbons (Fsp3) is 0.231. The molecule has 1 atom stereocenters. The molecule has 5 rings (SSSR count). The predicted octanol–water partition coefficient (Wildman–Crippen LogP) is 4.40. The van der Waals surface area contributed by atoms with Crippen LogP contribution < -0.4 is 19.8 Å². The second-order valence-electron chi connectivity index (χ2n) is 8.04. The number of thiophene rings is 1. The second-order valence-corrected chi connectivity index (χ2v) is 8.99. The van der Waals surface area contributed by atoms with E-state index in [9.17, 15) is 9.59 Å². The van der Waals surface area contributed by atoms with Crippen molar-refractivity contribution in [2.24, 2.45) is 0 Å². The monoisotopic (exact) mass is 476 g/mol. The number of carbonyl (C=O) groups excluding carboxylic acids is 1. The molecule has 1 aliphatic rings. The number of benzene rings is 2. The first-order valence-electron chi connectivity index (χ1n) is 10.8. The number of methoxy groups -OCH3 is 3. The summed E-state index contributed by atoms with van der Waals surface area (Å²) >= 11 is 1.39. The van der Waals surface area contributed by atoms with Crippen LogP contribution in [-0.2, 0) is 6.42 Å². The Hall–Kier alpha value is -3.78. The normalized spacial score (nSPS) is 15.1. The van der Waals surface area contributed by atoms with Gasteiger partial charge in [-0.1, -0.05) is 6.07 Å². The first-order valence-corrected chi connectivity index (χ1v) is 11.7. The van der Waals surface area contributed by atoms with Gasteiger partial charge in [0.1, 0.15) is 5.75 Å². The third-order valence-corrected chi connectivity index (χ3v) is 7.10. The van der Waals surface area contributed by atoms with Gasteiger partial charge in [0.05, 0.1) is 37.8 Å². The van der Waals surface area contributed by atoms with Crippen LogP contribution in [0.4, 0.5) is 0 Å². The first-order chi connectivity index (χ1) is 16.5. The number of H-pyrrole nitrogens is 1. The molecule has 8 heteroatoms. The van der Waals surface area contributed by atoms with E-state index >= 15 is 0 Å². The number of pyridine rings is 1. The van der Waals surface area contributed by atoms with E-state index in [2.05, 4.69) is 4.98 Å². The molecule has 0 spiro atoms. The van der Waals surface area contributed by atoms with Crippen molar-refractivity contribution in [3.63, 3.8) is 0 Å². The number of nitrogens with one attached hydrogen (secondary N) is 1. The van der Waals surface area contributed by atoms with Crippen LogP contribution in [-0.4, -0.2) is 43.7 Å². The summed E-state index contributed by atoms with van der Waals surface area (Å²) in [5.41, 5.74) is 2.79. The zero-order valence-corrected chi connectivity index (χ0v) is 19.9. The van der Waals surface area contributed by atoms with E-state index in [4.69, 9.17) is 14.2 Å². The highest BCUT2D eigenvalue weighted by atomic mass is 32.1. The summed E-state index contributed by atoms with van der Waals surface area (Å²) in [6, 6.07) is 14.3. The van der Waals surface area contributed by atoms with E-state index in [0.29, 0.717) is 46.2 Å². The summed E-state index contributed by atoms with van der Waals surface area (Å²) in [6.07, 6.45) is 0.645. The van der Waals surface area contributed by atoms with Gasteiger partial charge in [0, 0.05) is 18.2 Å². The van der Waals surface area contributed by atoms with E-state index in [1.54, 1.807) is 32.3 Å². The molecule has 0 unspecified atom stereocenters. The summed E-state index contributed by atoms with van der Waals surface area (Å²) in [5.74, 6) is 1.73. The number of fused-ring (bicyclic) bond motifs is 2. The maximum absolute atomic E-state index is 13.5. The molecule has 1 N–H and O–H groups in total. The van der Waals surface area contributed by atoms with Crippen molar-refractivity contribution in [1.82, 2.24) is 9.88 Å². The van der Waals surface area contributed by atoms with Crippen LogP contribution in [0, 0.1) is 0 Å². The van der Waals surface area contributed by atoms with Crippen LogP contribution in [0.15, 0.2) is 58.7 Å². The average Bonchev–Trinajstić information content (AvgIpc) is 3.41. The molecule has 34 heavy (non-hydrogen) atoms. The lowest BCUT2D eigenvalue weighted by Crippen LogP contribution is -2.42. The molecule has 0 fully saturated rings. The molecule has 4 aromatic rings. The van der Waals surface area contributed by atoms with Gasteiger partial charge in [0.15, 0.2) is 11.5 Å². The average molecular weight is 477 g/mol. The number of nitrogens with zero attached hydrogens (tertiary/aromatic N) is 1. The standard InChI is InChI=1S/C26H24N2O5S/c1-31-17-7-6-16-11-19(25(29)27-20(16)13-17)24-18-14-22(33-3)21(32-2)12-15(18)8-9-28(24)26(30)23-5-4-10-34-23/h4-7,10-14,24H,8-9H2,1-3H3,(H,27,29)/t24-/m0/s1. The smallest absolute Gasteiger partial charge is 0.264 e. The van der Waals surface area contributed by atoms with Crippen LogP contribution in [0.25, 0.3) is 10.9 Å². The largest absolute Gasteiger partial charge is 0.497 e. The van der Waals surface area contributed by atoms with Gasteiger partial charge in [0.25, 0.3) is 11.5 Å². The van der Waals surface area contributed by atoms with Crippen molar-refractivity contribution < 1.29 is 19.0 Å². The van der Waals surface area contributed by atoms with Crippen LogP contribution in [0.1, 0.15) is 32.4 Å². The van der Waals surface area contributed by atoms with Crippen LogP contribution in [0.3, 0.4) is 0 Å². The number of hydrogen-bond acceptors (Lipinski definition) is 6. The Morgan fingerprint density at radius 3 is 2.50 bits per heavy atom. The van der Waals surface area contributed by atoms with E-state index in [0.717, 1.165) is 16.5 Å². The SMILES string of the molecule is COc1ccc2cc([C@@H]3c4cc(OC)c(OC)cc4CCN3C(=O)c3cccs3)c(=O)[nH]c2c1. The van der Waals surface area contributed by atoms with Gasteiger partial charge in [-0.3, -0.25) is 9.59 Å². The number of carbonyl (C=O) groups is 1.